The first kappa shape index (κ1) is 22.6. The highest BCUT2D eigenvalue weighted by Crippen LogP contribution is 2.23. The number of anilines is 1. The minimum Gasteiger partial charge on any atom is -0.453 e. The summed E-state index contributed by atoms with van der Waals surface area (Å²) in [4.78, 5) is 28.0. The van der Waals surface area contributed by atoms with E-state index in [4.69, 9.17) is 4.74 Å². The van der Waals surface area contributed by atoms with Crippen molar-refractivity contribution in [2.45, 2.75) is 18.2 Å². The lowest BCUT2D eigenvalue weighted by Crippen LogP contribution is -2.37. The molecule has 1 aliphatic rings. The molecule has 0 aromatic heterocycles. The number of aryl methyl sites for hydroxylation is 1. The molecule has 1 fully saturated rings. The zero-order valence-electron chi connectivity index (χ0n) is 17.9. The Morgan fingerprint density at radius 2 is 1.61 bits per heavy atom. The van der Waals surface area contributed by atoms with Crippen LogP contribution in [0.2, 0.25) is 0 Å². The van der Waals surface area contributed by atoms with E-state index in [1.54, 1.807) is 34.1 Å². The van der Waals surface area contributed by atoms with Gasteiger partial charge in [-0.1, -0.05) is 23.8 Å². The highest BCUT2D eigenvalue weighted by molar-refractivity contribution is 7.92. The van der Waals surface area contributed by atoms with Crippen molar-refractivity contribution >= 4 is 27.7 Å². The molecule has 9 heteroatoms. The molecule has 2 aromatic carbocycles. The van der Waals surface area contributed by atoms with Crippen molar-refractivity contribution in [1.82, 2.24) is 9.80 Å². The second kappa shape index (κ2) is 9.38. The Labute approximate surface area is 183 Å². The molecular formula is C22H27N3O5S. The van der Waals surface area contributed by atoms with E-state index in [9.17, 15) is 18.0 Å². The van der Waals surface area contributed by atoms with Crippen LogP contribution in [0.1, 0.15) is 22.3 Å². The van der Waals surface area contributed by atoms with Gasteiger partial charge in [-0.15, -0.1) is 0 Å². The van der Waals surface area contributed by atoms with E-state index < -0.39 is 16.1 Å². The molecule has 0 radical (unpaired) electrons. The van der Waals surface area contributed by atoms with E-state index in [-0.39, 0.29) is 10.8 Å². The summed E-state index contributed by atoms with van der Waals surface area (Å²) in [6.07, 6.45) is 0.205. The van der Waals surface area contributed by atoms with Gasteiger partial charge in [0.1, 0.15) is 0 Å². The van der Waals surface area contributed by atoms with E-state index in [0.29, 0.717) is 43.9 Å². The number of carbonyl (C=O) groups excluding carboxylic acids is 2. The van der Waals surface area contributed by atoms with Gasteiger partial charge in [-0.25, -0.2) is 13.2 Å². The molecule has 0 spiro atoms. The smallest absolute Gasteiger partial charge is 0.409 e. The predicted octanol–water partition coefficient (Wildman–Crippen LogP) is 2.73. The molecule has 1 saturated heterocycles. The van der Waals surface area contributed by atoms with Crippen LogP contribution < -0.4 is 4.31 Å². The zero-order valence-corrected chi connectivity index (χ0v) is 18.8. The van der Waals surface area contributed by atoms with Gasteiger partial charge in [-0.3, -0.25) is 9.10 Å². The number of carbonyl (C=O) groups is 2. The normalized spacial score (nSPS) is 14.7. The number of amides is 2. The Morgan fingerprint density at radius 3 is 2.29 bits per heavy atom. The SMILES string of the molecule is COC(=O)N1CCCN(C(=O)c2cccc(S(=O)(=O)N(C)c3ccc(C)cc3)c2)CC1. The molecule has 3 rings (SSSR count). The predicted molar refractivity (Wildman–Crippen MR) is 118 cm³/mol. The van der Waals surface area contributed by atoms with Gasteiger partial charge >= 0.3 is 6.09 Å². The maximum absolute atomic E-state index is 13.1. The lowest BCUT2D eigenvalue weighted by Gasteiger charge is -2.22. The van der Waals surface area contributed by atoms with Gasteiger partial charge < -0.3 is 14.5 Å². The minimum atomic E-state index is -3.83. The average Bonchev–Trinajstić information content (AvgIpc) is 3.04. The molecule has 1 aliphatic heterocycles. The van der Waals surface area contributed by atoms with Gasteiger partial charge in [0.2, 0.25) is 0 Å². The number of hydrogen-bond acceptors (Lipinski definition) is 5. The van der Waals surface area contributed by atoms with Crippen LogP contribution in [0.25, 0.3) is 0 Å². The molecule has 0 unspecified atom stereocenters. The summed E-state index contributed by atoms with van der Waals surface area (Å²) in [6, 6.07) is 13.2. The summed E-state index contributed by atoms with van der Waals surface area (Å²) in [7, 11) is -1.01. The molecule has 8 nitrogen and oxygen atoms in total. The summed E-state index contributed by atoms with van der Waals surface area (Å²) in [5, 5.41) is 0. The van der Waals surface area contributed by atoms with Crippen molar-refractivity contribution in [3.8, 4) is 0 Å². The number of hydrogen-bond donors (Lipinski definition) is 0. The van der Waals surface area contributed by atoms with Gasteiger partial charge in [0, 0.05) is 38.8 Å². The fourth-order valence-corrected chi connectivity index (χ4v) is 4.70. The number of methoxy groups -OCH3 is 1. The third-order valence-electron chi connectivity index (χ3n) is 5.35. The van der Waals surface area contributed by atoms with E-state index in [1.165, 1.54) is 30.6 Å². The third-order valence-corrected chi connectivity index (χ3v) is 7.13. The first-order valence-electron chi connectivity index (χ1n) is 10.0. The quantitative estimate of drug-likeness (QED) is 0.722. The van der Waals surface area contributed by atoms with E-state index in [2.05, 4.69) is 0 Å². The Bertz CT molecular complexity index is 1050. The van der Waals surface area contributed by atoms with Gasteiger partial charge in [0.05, 0.1) is 17.7 Å². The summed E-state index contributed by atoms with van der Waals surface area (Å²) in [5.74, 6) is -0.262. The van der Waals surface area contributed by atoms with Crippen LogP contribution in [0.3, 0.4) is 0 Å². The van der Waals surface area contributed by atoms with Gasteiger partial charge in [-0.05, 0) is 43.7 Å². The maximum Gasteiger partial charge on any atom is 0.409 e. The van der Waals surface area contributed by atoms with Crippen LogP contribution in [0.5, 0.6) is 0 Å². The molecule has 1 heterocycles. The fraction of sp³-hybridized carbons (Fsp3) is 0.364. The Kier molecular flexibility index (Phi) is 6.84. The van der Waals surface area contributed by atoms with Gasteiger partial charge in [0.25, 0.3) is 15.9 Å². The fourth-order valence-electron chi connectivity index (χ4n) is 3.46. The molecule has 166 valence electrons. The van der Waals surface area contributed by atoms with Crippen LogP contribution in [-0.4, -0.2) is 70.6 Å². The highest BCUT2D eigenvalue weighted by atomic mass is 32.2. The average molecular weight is 446 g/mol. The number of nitrogens with zero attached hydrogens (tertiary/aromatic N) is 3. The lowest BCUT2D eigenvalue weighted by molar-refractivity contribution is 0.0757. The number of rotatable bonds is 4. The van der Waals surface area contributed by atoms with Crippen molar-refractivity contribution in [3.63, 3.8) is 0 Å². The van der Waals surface area contributed by atoms with Crippen molar-refractivity contribution < 1.29 is 22.7 Å². The van der Waals surface area contributed by atoms with E-state index in [0.717, 1.165) is 5.56 Å². The maximum atomic E-state index is 13.1. The van der Waals surface area contributed by atoms with Gasteiger partial charge in [0.15, 0.2) is 0 Å². The number of ether oxygens (including phenoxy) is 1. The van der Waals surface area contributed by atoms with Crippen molar-refractivity contribution in [3.05, 3.63) is 59.7 Å². The van der Waals surface area contributed by atoms with Crippen LogP contribution in [0.4, 0.5) is 10.5 Å². The molecule has 0 atom stereocenters. The standard InChI is InChI=1S/C22H27N3O5S/c1-17-8-10-19(11-9-17)23(2)31(28,29)20-7-4-6-18(16-20)21(26)24-12-5-13-25(15-14-24)22(27)30-3/h4,6-11,16H,5,12-15H2,1-3H3. The summed E-state index contributed by atoms with van der Waals surface area (Å²) < 4.78 is 32.2. The third kappa shape index (κ3) is 4.99. The zero-order chi connectivity index (χ0) is 22.6. The Balaban J connectivity index is 1.80. The first-order chi connectivity index (χ1) is 14.7. The Morgan fingerprint density at radius 1 is 0.968 bits per heavy atom. The van der Waals surface area contributed by atoms with Crippen molar-refractivity contribution in [2.24, 2.45) is 0 Å². The van der Waals surface area contributed by atoms with Crippen LogP contribution in [-0.2, 0) is 14.8 Å². The first-order valence-corrected chi connectivity index (χ1v) is 11.5. The number of benzene rings is 2. The van der Waals surface area contributed by atoms with Crippen molar-refractivity contribution in [2.75, 3.05) is 44.6 Å². The molecule has 0 bridgehead atoms. The molecule has 31 heavy (non-hydrogen) atoms. The van der Waals surface area contributed by atoms with Crippen molar-refractivity contribution in [1.29, 1.82) is 0 Å². The lowest BCUT2D eigenvalue weighted by atomic mass is 10.2. The molecule has 2 aromatic rings. The summed E-state index contributed by atoms with van der Waals surface area (Å²) in [6.45, 7) is 3.64. The monoisotopic (exact) mass is 445 g/mol. The summed E-state index contributed by atoms with van der Waals surface area (Å²) >= 11 is 0. The number of sulfonamides is 1. The molecule has 0 saturated carbocycles. The second-order valence-electron chi connectivity index (χ2n) is 7.44. The highest BCUT2D eigenvalue weighted by Gasteiger charge is 2.26. The van der Waals surface area contributed by atoms with Crippen LogP contribution in [0.15, 0.2) is 53.4 Å². The minimum absolute atomic E-state index is 0.0486. The molecule has 2 amide bonds. The summed E-state index contributed by atoms with van der Waals surface area (Å²) in [5.41, 5.74) is 1.87. The molecule has 0 N–H and O–H groups in total. The van der Waals surface area contributed by atoms with E-state index >= 15 is 0 Å². The van der Waals surface area contributed by atoms with Gasteiger partial charge in [-0.2, -0.15) is 0 Å². The second-order valence-corrected chi connectivity index (χ2v) is 9.41. The topological polar surface area (TPSA) is 87.2 Å². The van der Waals surface area contributed by atoms with Crippen LogP contribution >= 0.6 is 0 Å². The van der Waals surface area contributed by atoms with E-state index in [1.807, 2.05) is 19.1 Å². The Hall–Kier alpha value is -3.07. The largest absolute Gasteiger partial charge is 0.453 e. The van der Waals surface area contributed by atoms with Crippen LogP contribution in [0, 0.1) is 6.92 Å². The molecule has 0 aliphatic carbocycles. The molecular weight excluding hydrogens is 418 g/mol.